The number of aliphatic hydroxyl groups excluding tert-OH is 1. The minimum absolute atomic E-state index is 0.264. The smallest absolute Gasteiger partial charge is 0.266 e. The highest BCUT2D eigenvalue weighted by atomic mass is 32.2. The van der Waals surface area contributed by atoms with Gasteiger partial charge in [0.2, 0.25) is 5.91 Å². The predicted octanol–water partition coefficient (Wildman–Crippen LogP) is 7.23. The summed E-state index contributed by atoms with van der Waals surface area (Å²) in [4.78, 5) is 12.3. The van der Waals surface area contributed by atoms with Gasteiger partial charge in [-0.15, -0.1) is 0 Å². The van der Waals surface area contributed by atoms with Crippen LogP contribution < -0.4 is 5.32 Å². The average molecular weight is 540 g/mol. The van der Waals surface area contributed by atoms with Crippen LogP contribution in [0, 0.1) is 0 Å². The molecule has 0 saturated heterocycles. The molecule has 0 aromatic rings. The molecule has 2 atom stereocenters. The zero-order chi connectivity index (χ0) is 27.6. The van der Waals surface area contributed by atoms with E-state index in [0.717, 1.165) is 64.2 Å². The molecule has 2 unspecified atom stereocenters. The van der Waals surface area contributed by atoms with Gasteiger partial charge in [-0.1, -0.05) is 107 Å². The second-order valence-electron chi connectivity index (χ2n) is 9.65. The van der Waals surface area contributed by atoms with Crippen molar-refractivity contribution in [1.29, 1.82) is 0 Å². The molecule has 3 N–H and O–H groups in total. The molecule has 0 saturated carbocycles. The molecular formula is C30H53NO5S. The Bertz CT molecular complexity index is 771. The number of aliphatic hydroxyl groups is 1. The second-order valence-corrected chi connectivity index (χ2v) is 11.1. The van der Waals surface area contributed by atoms with Gasteiger partial charge >= 0.3 is 0 Å². The van der Waals surface area contributed by atoms with Crippen molar-refractivity contribution in [2.24, 2.45) is 0 Å². The maximum Gasteiger partial charge on any atom is 0.266 e. The summed E-state index contributed by atoms with van der Waals surface area (Å²) in [6, 6.07) is -0.989. The second kappa shape index (κ2) is 24.6. The number of allylic oxidation sites excluding steroid dienone is 8. The summed E-state index contributed by atoms with van der Waals surface area (Å²) in [5.74, 6) is -0.962. The average Bonchev–Trinajstić information content (AvgIpc) is 2.84. The Morgan fingerprint density at radius 1 is 0.757 bits per heavy atom. The monoisotopic (exact) mass is 539 g/mol. The number of rotatable bonds is 24. The van der Waals surface area contributed by atoms with Crippen LogP contribution >= 0.6 is 0 Å². The highest BCUT2D eigenvalue weighted by Gasteiger charge is 2.25. The van der Waals surface area contributed by atoms with E-state index in [-0.39, 0.29) is 12.3 Å². The molecule has 214 valence electrons. The van der Waals surface area contributed by atoms with Crippen LogP contribution in [0.1, 0.15) is 117 Å². The fourth-order valence-corrected chi connectivity index (χ4v) is 4.67. The summed E-state index contributed by atoms with van der Waals surface area (Å²) in [6.45, 7) is 4.30. The van der Waals surface area contributed by atoms with Crippen molar-refractivity contribution in [3.8, 4) is 0 Å². The fourth-order valence-electron chi connectivity index (χ4n) is 3.91. The Kier molecular flexibility index (Phi) is 23.5. The van der Waals surface area contributed by atoms with Gasteiger partial charge in [0.1, 0.15) is 0 Å². The van der Waals surface area contributed by atoms with Crippen LogP contribution in [0.4, 0.5) is 0 Å². The summed E-state index contributed by atoms with van der Waals surface area (Å²) < 4.78 is 32.0. The molecule has 1 amide bonds. The fraction of sp³-hybridized carbons (Fsp3) is 0.700. The number of amides is 1. The van der Waals surface area contributed by atoms with Gasteiger partial charge in [0.15, 0.2) is 0 Å². The lowest BCUT2D eigenvalue weighted by Gasteiger charge is -2.23. The number of nitrogens with one attached hydrogen (secondary N) is 1. The number of carbonyl (C=O) groups excluding carboxylic acids is 1. The molecule has 37 heavy (non-hydrogen) atoms. The van der Waals surface area contributed by atoms with Crippen LogP contribution in [0.25, 0.3) is 0 Å². The first-order valence-electron chi connectivity index (χ1n) is 14.3. The Morgan fingerprint density at radius 3 is 1.86 bits per heavy atom. The van der Waals surface area contributed by atoms with Crippen molar-refractivity contribution < 1.29 is 22.9 Å². The summed E-state index contributed by atoms with van der Waals surface area (Å²) >= 11 is 0. The lowest BCUT2D eigenvalue weighted by atomic mass is 10.0. The quantitative estimate of drug-likeness (QED) is 0.0682. The molecule has 0 aromatic carbocycles. The molecule has 0 fully saturated rings. The van der Waals surface area contributed by atoms with Gasteiger partial charge < -0.3 is 10.4 Å². The van der Waals surface area contributed by atoms with Crippen LogP contribution in [-0.2, 0) is 14.9 Å². The van der Waals surface area contributed by atoms with Crippen molar-refractivity contribution in [1.82, 2.24) is 5.32 Å². The Hall–Kier alpha value is -1.70. The molecule has 0 aliphatic rings. The maximum absolute atomic E-state index is 12.3. The van der Waals surface area contributed by atoms with E-state index in [4.69, 9.17) is 0 Å². The van der Waals surface area contributed by atoms with Crippen molar-refractivity contribution in [3.63, 3.8) is 0 Å². The molecule has 0 heterocycles. The van der Waals surface area contributed by atoms with Gasteiger partial charge in [0.05, 0.1) is 17.9 Å². The zero-order valence-corrected chi connectivity index (χ0v) is 24.1. The Labute approximate surface area is 227 Å². The summed E-state index contributed by atoms with van der Waals surface area (Å²) in [5.41, 5.74) is 0. The molecule has 6 nitrogen and oxygen atoms in total. The first-order chi connectivity index (χ1) is 17.8. The van der Waals surface area contributed by atoms with E-state index in [9.17, 15) is 22.9 Å². The van der Waals surface area contributed by atoms with Gasteiger partial charge in [-0.25, -0.2) is 0 Å². The highest BCUT2D eigenvalue weighted by Crippen LogP contribution is 2.13. The number of carbonyl (C=O) groups is 1. The molecule has 0 aromatic heterocycles. The summed E-state index contributed by atoms with van der Waals surface area (Å²) in [6.07, 6.45) is 30.8. The van der Waals surface area contributed by atoms with Crippen LogP contribution in [0.5, 0.6) is 0 Å². The summed E-state index contributed by atoms with van der Waals surface area (Å²) in [7, 11) is -4.31. The lowest BCUT2D eigenvalue weighted by Crippen LogP contribution is -2.47. The number of unbranched alkanes of at least 4 members (excludes halogenated alkanes) is 8. The van der Waals surface area contributed by atoms with Gasteiger partial charge in [0, 0.05) is 6.42 Å². The van der Waals surface area contributed by atoms with E-state index in [2.05, 4.69) is 67.8 Å². The van der Waals surface area contributed by atoms with E-state index in [1.165, 1.54) is 19.3 Å². The standard InChI is InChI=1S/C30H53NO5S/c1-3-5-7-9-11-12-13-14-15-16-17-18-20-22-24-26-30(33)31-28(27-37(34,35)36)29(32)25-23-21-19-10-8-6-4-2/h5,7,11-12,14-15,17-18,28-29,32H,3-4,6,8-10,13,16,19-27H2,1-2H3,(H,31,33)(H,34,35,36)/b7-5-,12-11-,15-14-,18-17-. The van der Waals surface area contributed by atoms with Crippen molar-refractivity contribution in [2.45, 2.75) is 129 Å². The van der Waals surface area contributed by atoms with Crippen LogP contribution in [-0.4, -0.2) is 41.9 Å². The third kappa shape index (κ3) is 25.7. The Balaban J connectivity index is 4.13. The SMILES string of the molecule is CC/C=C\C/C=C\C/C=C\C/C=C\CCCCC(=O)NC(CS(=O)(=O)O)C(O)CCCCCCCCC. The van der Waals surface area contributed by atoms with Gasteiger partial charge in [0.25, 0.3) is 10.1 Å². The summed E-state index contributed by atoms with van der Waals surface area (Å²) in [5, 5.41) is 13.1. The van der Waals surface area contributed by atoms with Crippen LogP contribution in [0.15, 0.2) is 48.6 Å². The van der Waals surface area contributed by atoms with Crippen LogP contribution in [0.2, 0.25) is 0 Å². The molecule has 0 radical (unpaired) electrons. The largest absolute Gasteiger partial charge is 0.391 e. The maximum atomic E-state index is 12.3. The molecule has 0 aliphatic carbocycles. The van der Waals surface area contributed by atoms with Gasteiger partial charge in [-0.3, -0.25) is 9.35 Å². The third-order valence-electron chi connectivity index (χ3n) is 6.05. The Morgan fingerprint density at radius 2 is 1.30 bits per heavy atom. The normalized spacial score (nSPS) is 14.4. The van der Waals surface area contributed by atoms with E-state index in [0.29, 0.717) is 12.8 Å². The van der Waals surface area contributed by atoms with Crippen molar-refractivity contribution >= 4 is 16.0 Å². The first-order valence-corrected chi connectivity index (χ1v) is 15.9. The zero-order valence-electron chi connectivity index (χ0n) is 23.3. The number of hydrogen-bond donors (Lipinski definition) is 3. The van der Waals surface area contributed by atoms with Gasteiger partial charge in [-0.2, -0.15) is 8.42 Å². The van der Waals surface area contributed by atoms with Crippen LogP contribution in [0.3, 0.4) is 0 Å². The van der Waals surface area contributed by atoms with Crippen molar-refractivity contribution in [2.75, 3.05) is 5.75 Å². The molecule has 7 heteroatoms. The highest BCUT2D eigenvalue weighted by molar-refractivity contribution is 7.85. The molecule has 0 bridgehead atoms. The lowest BCUT2D eigenvalue weighted by molar-refractivity contribution is -0.122. The van der Waals surface area contributed by atoms with E-state index < -0.39 is 28.0 Å². The first kappa shape index (κ1) is 35.3. The molecule has 0 rings (SSSR count). The van der Waals surface area contributed by atoms with E-state index in [1.807, 2.05) is 0 Å². The third-order valence-corrected chi connectivity index (χ3v) is 6.83. The van der Waals surface area contributed by atoms with Crippen molar-refractivity contribution in [3.05, 3.63) is 48.6 Å². The molecular weight excluding hydrogens is 486 g/mol. The van der Waals surface area contributed by atoms with E-state index in [1.54, 1.807) is 0 Å². The van der Waals surface area contributed by atoms with E-state index >= 15 is 0 Å². The number of hydrogen-bond acceptors (Lipinski definition) is 4. The van der Waals surface area contributed by atoms with Gasteiger partial charge in [-0.05, 0) is 51.4 Å². The molecule has 0 aliphatic heterocycles. The predicted molar refractivity (Wildman–Crippen MR) is 156 cm³/mol. The molecule has 0 spiro atoms. The topological polar surface area (TPSA) is 104 Å². The minimum atomic E-state index is -4.31. The minimum Gasteiger partial charge on any atom is -0.391 e.